The van der Waals surface area contributed by atoms with Crippen LogP contribution in [-0.2, 0) is 11.3 Å². The maximum atomic E-state index is 13.8. The minimum Gasteiger partial charge on any atom is -0.342 e. The van der Waals surface area contributed by atoms with Crippen LogP contribution in [0.2, 0.25) is 0 Å². The van der Waals surface area contributed by atoms with E-state index < -0.39 is 5.92 Å². The topological polar surface area (TPSA) is 23.6 Å². The van der Waals surface area contributed by atoms with Gasteiger partial charge in [-0.1, -0.05) is 18.2 Å². The molecule has 3 rings (SSSR count). The summed E-state index contributed by atoms with van der Waals surface area (Å²) >= 11 is 0. The van der Waals surface area contributed by atoms with Gasteiger partial charge in [-0.05, 0) is 25.5 Å². The molecule has 2 aliphatic heterocycles. The van der Waals surface area contributed by atoms with Crippen molar-refractivity contribution in [2.75, 3.05) is 26.2 Å². The molecule has 2 aliphatic rings. The van der Waals surface area contributed by atoms with Gasteiger partial charge in [0.15, 0.2) is 0 Å². The van der Waals surface area contributed by atoms with Crippen molar-refractivity contribution in [1.29, 1.82) is 0 Å². The molecule has 132 valence electrons. The number of hydrogen-bond acceptors (Lipinski definition) is 2. The van der Waals surface area contributed by atoms with E-state index in [1.807, 2.05) is 0 Å². The second-order valence-corrected chi connectivity index (χ2v) is 6.85. The largest absolute Gasteiger partial charge is 0.342 e. The predicted octanol–water partition coefficient (Wildman–Crippen LogP) is 3.30. The Morgan fingerprint density at radius 1 is 1.17 bits per heavy atom. The number of hydrogen-bond donors (Lipinski definition) is 0. The summed E-state index contributed by atoms with van der Waals surface area (Å²) in [5.74, 6) is -3.06. The number of alkyl halides is 2. The predicted molar refractivity (Wildman–Crippen MR) is 85.2 cm³/mol. The maximum Gasteiger partial charge on any atom is 0.251 e. The fourth-order valence-corrected chi connectivity index (χ4v) is 3.58. The van der Waals surface area contributed by atoms with Crippen molar-refractivity contribution in [2.45, 2.75) is 38.2 Å². The lowest BCUT2D eigenvalue weighted by atomic mass is 9.94. The number of rotatable bonds is 3. The lowest BCUT2D eigenvalue weighted by Crippen LogP contribution is -2.48. The van der Waals surface area contributed by atoms with E-state index in [9.17, 15) is 18.0 Å². The van der Waals surface area contributed by atoms with Crippen LogP contribution in [0.4, 0.5) is 13.2 Å². The van der Waals surface area contributed by atoms with E-state index in [-0.39, 0.29) is 43.6 Å². The van der Waals surface area contributed by atoms with E-state index >= 15 is 0 Å². The number of amides is 1. The van der Waals surface area contributed by atoms with Gasteiger partial charge >= 0.3 is 0 Å². The Bertz CT molecular complexity index is 583. The summed E-state index contributed by atoms with van der Waals surface area (Å²) in [6.45, 7) is 2.15. The molecule has 0 aromatic heterocycles. The van der Waals surface area contributed by atoms with E-state index in [1.54, 1.807) is 23.1 Å². The van der Waals surface area contributed by atoms with Crippen LogP contribution in [0.1, 0.15) is 31.2 Å². The summed E-state index contributed by atoms with van der Waals surface area (Å²) in [6, 6.07) is 6.66. The van der Waals surface area contributed by atoms with Gasteiger partial charge in [0.25, 0.3) is 5.92 Å². The number of halogens is 3. The van der Waals surface area contributed by atoms with Gasteiger partial charge < -0.3 is 4.90 Å². The highest BCUT2D eigenvalue weighted by atomic mass is 19.3. The number of nitrogens with zero attached hydrogens (tertiary/aromatic N) is 2. The lowest BCUT2D eigenvalue weighted by Gasteiger charge is -2.37. The molecule has 1 unspecified atom stereocenters. The van der Waals surface area contributed by atoms with Crippen LogP contribution in [0.25, 0.3) is 0 Å². The van der Waals surface area contributed by atoms with Crippen molar-refractivity contribution in [1.82, 2.24) is 9.80 Å². The first-order valence-electron chi connectivity index (χ1n) is 8.57. The fourth-order valence-electron chi connectivity index (χ4n) is 3.58. The third-order valence-corrected chi connectivity index (χ3v) is 5.01. The van der Waals surface area contributed by atoms with Gasteiger partial charge in [-0.25, -0.2) is 13.2 Å². The maximum absolute atomic E-state index is 13.8. The summed E-state index contributed by atoms with van der Waals surface area (Å²) in [7, 11) is 0. The van der Waals surface area contributed by atoms with E-state index in [2.05, 4.69) is 4.90 Å². The molecule has 0 N–H and O–H groups in total. The van der Waals surface area contributed by atoms with E-state index in [0.29, 0.717) is 18.7 Å². The Balaban J connectivity index is 1.57. The molecule has 0 bridgehead atoms. The Labute approximate surface area is 140 Å². The molecule has 0 aliphatic carbocycles. The molecular formula is C18H23F3N2O. The van der Waals surface area contributed by atoms with Crippen molar-refractivity contribution < 1.29 is 18.0 Å². The van der Waals surface area contributed by atoms with Crippen molar-refractivity contribution >= 4 is 5.91 Å². The average Bonchev–Trinajstić information content (AvgIpc) is 2.57. The summed E-state index contributed by atoms with van der Waals surface area (Å²) in [6.07, 6.45) is 1.16. The summed E-state index contributed by atoms with van der Waals surface area (Å²) < 4.78 is 40.3. The van der Waals surface area contributed by atoms with Gasteiger partial charge in [0.05, 0.1) is 5.92 Å². The molecule has 24 heavy (non-hydrogen) atoms. The second-order valence-electron chi connectivity index (χ2n) is 6.85. The molecule has 1 atom stereocenters. The molecular weight excluding hydrogens is 317 g/mol. The molecule has 3 nitrogen and oxygen atoms in total. The zero-order chi connectivity index (χ0) is 17.2. The first-order valence-corrected chi connectivity index (χ1v) is 8.57. The molecule has 0 spiro atoms. The smallest absolute Gasteiger partial charge is 0.251 e. The van der Waals surface area contributed by atoms with Crippen molar-refractivity contribution in [3.05, 3.63) is 35.6 Å². The minimum absolute atomic E-state index is 0.0243. The summed E-state index contributed by atoms with van der Waals surface area (Å²) in [5, 5.41) is 0. The molecule has 1 aromatic rings. The highest BCUT2D eigenvalue weighted by Crippen LogP contribution is 2.29. The van der Waals surface area contributed by atoms with Crippen molar-refractivity contribution in [3.8, 4) is 0 Å². The third kappa shape index (κ3) is 4.09. The van der Waals surface area contributed by atoms with Gasteiger partial charge in [0.2, 0.25) is 5.91 Å². The zero-order valence-electron chi connectivity index (χ0n) is 13.7. The van der Waals surface area contributed by atoms with Crippen LogP contribution in [0.15, 0.2) is 24.3 Å². The third-order valence-electron chi connectivity index (χ3n) is 5.01. The molecule has 2 heterocycles. The Kier molecular flexibility index (Phi) is 5.13. The van der Waals surface area contributed by atoms with Crippen LogP contribution in [-0.4, -0.2) is 47.8 Å². The quantitative estimate of drug-likeness (QED) is 0.843. The fraction of sp³-hybridized carbons (Fsp3) is 0.611. The highest BCUT2D eigenvalue weighted by molar-refractivity contribution is 5.79. The molecule has 0 saturated carbocycles. The second kappa shape index (κ2) is 7.13. The van der Waals surface area contributed by atoms with Crippen molar-refractivity contribution in [3.63, 3.8) is 0 Å². The van der Waals surface area contributed by atoms with E-state index in [0.717, 1.165) is 19.4 Å². The first-order chi connectivity index (χ1) is 11.4. The summed E-state index contributed by atoms with van der Waals surface area (Å²) in [5.41, 5.74) is 0.628. The number of carbonyl (C=O) groups excluding carboxylic acids is 1. The normalized spacial score (nSPS) is 24.8. The SMILES string of the molecule is O=C(C1CCCN(Cc2ccccc2F)C1)N1CCC(F)(F)CC1. The standard InChI is InChI=1S/C18H23F3N2O/c19-16-6-2-1-4-14(16)12-22-9-3-5-15(13-22)17(24)23-10-7-18(20,21)8-11-23/h1-2,4,6,15H,3,5,7-13H2. The van der Waals surface area contributed by atoms with Crippen LogP contribution in [0.3, 0.4) is 0 Å². The number of piperidine rings is 2. The lowest BCUT2D eigenvalue weighted by molar-refractivity contribution is -0.143. The van der Waals surface area contributed by atoms with Gasteiger partial charge in [-0.2, -0.15) is 0 Å². The monoisotopic (exact) mass is 340 g/mol. The Morgan fingerprint density at radius 2 is 1.88 bits per heavy atom. The Hall–Kier alpha value is -1.56. The molecule has 1 aromatic carbocycles. The van der Waals surface area contributed by atoms with Crippen LogP contribution in [0, 0.1) is 11.7 Å². The van der Waals surface area contributed by atoms with E-state index in [1.165, 1.54) is 6.07 Å². The molecule has 6 heteroatoms. The van der Waals surface area contributed by atoms with E-state index in [4.69, 9.17) is 0 Å². The van der Waals surface area contributed by atoms with Gasteiger partial charge in [-0.3, -0.25) is 9.69 Å². The molecule has 2 fully saturated rings. The number of benzene rings is 1. The zero-order valence-corrected chi connectivity index (χ0v) is 13.7. The van der Waals surface area contributed by atoms with Gasteiger partial charge in [0, 0.05) is 44.6 Å². The first kappa shape index (κ1) is 17.3. The molecule has 1 amide bonds. The van der Waals surface area contributed by atoms with Gasteiger partial charge in [0.1, 0.15) is 5.82 Å². The van der Waals surface area contributed by atoms with Crippen LogP contribution in [0.5, 0.6) is 0 Å². The summed E-state index contributed by atoms with van der Waals surface area (Å²) in [4.78, 5) is 16.3. The van der Waals surface area contributed by atoms with Gasteiger partial charge in [-0.15, -0.1) is 0 Å². The number of likely N-dealkylation sites (tertiary alicyclic amines) is 2. The molecule has 0 radical (unpaired) electrons. The van der Waals surface area contributed by atoms with Crippen molar-refractivity contribution in [2.24, 2.45) is 5.92 Å². The highest BCUT2D eigenvalue weighted by Gasteiger charge is 2.38. The minimum atomic E-state index is -2.64. The Morgan fingerprint density at radius 3 is 2.58 bits per heavy atom. The average molecular weight is 340 g/mol. The van der Waals surface area contributed by atoms with Crippen LogP contribution >= 0.6 is 0 Å². The van der Waals surface area contributed by atoms with Crippen LogP contribution < -0.4 is 0 Å². The molecule has 2 saturated heterocycles. The number of carbonyl (C=O) groups is 1.